The molecule has 1 aromatic rings. The predicted octanol–water partition coefficient (Wildman–Crippen LogP) is 3.74. The summed E-state index contributed by atoms with van der Waals surface area (Å²) in [5.74, 6) is -4.05. The SMILES string of the molecule is O=C(NC(=O)c1c(F)cccc1F)NC1C=CC=C(C(F)(F)F)C1(F)Cl. The summed E-state index contributed by atoms with van der Waals surface area (Å²) in [6.45, 7) is 0. The Balaban J connectivity index is 2.12. The minimum atomic E-state index is -5.11. The van der Waals surface area contributed by atoms with Crippen molar-refractivity contribution < 1.29 is 35.9 Å². The van der Waals surface area contributed by atoms with Gasteiger partial charge in [0.1, 0.15) is 23.2 Å². The van der Waals surface area contributed by atoms with Crippen LogP contribution in [0.1, 0.15) is 10.4 Å². The predicted molar refractivity (Wildman–Crippen MR) is 79.1 cm³/mol. The van der Waals surface area contributed by atoms with Gasteiger partial charge in [0, 0.05) is 0 Å². The number of carbonyl (C=O) groups excluding carboxylic acids is 2. The van der Waals surface area contributed by atoms with E-state index in [0.717, 1.165) is 30.4 Å². The van der Waals surface area contributed by atoms with E-state index in [0.29, 0.717) is 6.08 Å². The van der Waals surface area contributed by atoms with Gasteiger partial charge >= 0.3 is 12.2 Å². The number of halogens is 7. The highest BCUT2D eigenvalue weighted by Gasteiger charge is 2.53. The number of urea groups is 1. The molecule has 0 spiro atoms. The number of benzene rings is 1. The second-order valence-electron chi connectivity index (χ2n) is 5.09. The molecule has 0 saturated heterocycles. The van der Waals surface area contributed by atoms with Crippen LogP contribution in [0.4, 0.5) is 31.1 Å². The molecular formula is C15H9ClF6N2O2. The first kappa shape index (κ1) is 19.8. The van der Waals surface area contributed by atoms with Gasteiger partial charge in [-0.25, -0.2) is 18.0 Å². The minimum Gasteiger partial charge on any atom is -0.327 e. The van der Waals surface area contributed by atoms with E-state index in [1.165, 1.54) is 5.32 Å². The third-order valence-electron chi connectivity index (χ3n) is 3.33. The number of amides is 3. The number of carbonyl (C=O) groups is 2. The normalized spacial score (nSPS) is 22.6. The lowest BCUT2D eigenvalue weighted by Crippen LogP contribution is -2.53. The lowest BCUT2D eigenvalue weighted by Gasteiger charge is -2.32. The lowest BCUT2D eigenvalue weighted by molar-refractivity contribution is -0.105. The fourth-order valence-electron chi connectivity index (χ4n) is 2.14. The molecule has 1 aliphatic carbocycles. The number of nitrogens with one attached hydrogen (secondary N) is 2. The molecule has 1 aromatic carbocycles. The zero-order valence-electron chi connectivity index (χ0n) is 12.5. The van der Waals surface area contributed by atoms with Crippen LogP contribution >= 0.6 is 11.6 Å². The molecule has 1 aliphatic rings. The monoisotopic (exact) mass is 398 g/mol. The van der Waals surface area contributed by atoms with Crippen molar-refractivity contribution in [2.24, 2.45) is 0 Å². The second-order valence-corrected chi connectivity index (χ2v) is 5.64. The van der Waals surface area contributed by atoms with Crippen molar-refractivity contribution in [3.05, 3.63) is 59.2 Å². The molecule has 4 nitrogen and oxygen atoms in total. The van der Waals surface area contributed by atoms with E-state index in [-0.39, 0.29) is 0 Å². The van der Waals surface area contributed by atoms with Crippen molar-refractivity contribution in [1.29, 1.82) is 0 Å². The number of imide groups is 1. The van der Waals surface area contributed by atoms with E-state index in [1.54, 1.807) is 5.32 Å². The van der Waals surface area contributed by atoms with E-state index < -0.39 is 52.1 Å². The van der Waals surface area contributed by atoms with E-state index in [2.05, 4.69) is 0 Å². The zero-order valence-corrected chi connectivity index (χ0v) is 13.3. The van der Waals surface area contributed by atoms with Gasteiger partial charge in [-0.15, -0.1) is 0 Å². The number of alkyl halides is 5. The molecule has 3 amide bonds. The number of hydrogen-bond acceptors (Lipinski definition) is 2. The van der Waals surface area contributed by atoms with Crippen LogP contribution in [0, 0.1) is 11.6 Å². The number of hydrogen-bond donors (Lipinski definition) is 2. The van der Waals surface area contributed by atoms with E-state index in [4.69, 9.17) is 11.6 Å². The van der Waals surface area contributed by atoms with E-state index >= 15 is 0 Å². The van der Waals surface area contributed by atoms with Gasteiger partial charge < -0.3 is 5.32 Å². The Morgan fingerprint density at radius 1 is 1.15 bits per heavy atom. The standard InChI is InChI=1S/C15H9ClF6N2O2/c16-14(19)9(15(20,21)22)5-2-6-10(14)23-13(26)24-12(25)11-7(17)3-1-4-8(11)18/h1-6,10H,(H2,23,24,25,26). The molecule has 2 unspecified atom stereocenters. The lowest BCUT2D eigenvalue weighted by atomic mass is 9.97. The molecule has 0 heterocycles. The van der Waals surface area contributed by atoms with Crippen LogP contribution in [-0.2, 0) is 0 Å². The van der Waals surface area contributed by atoms with Crippen molar-refractivity contribution in [3.63, 3.8) is 0 Å². The van der Waals surface area contributed by atoms with Gasteiger partial charge in [-0.1, -0.05) is 29.8 Å². The first-order valence-electron chi connectivity index (χ1n) is 6.84. The average Bonchev–Trinajstić information content (AvgIpc) is 2.47. The molecule has 0 saturated carbocycles. The largest absolute Gasteiger partial charge is 0.417 e. The summed E-state index contributed by atoms with van der Waals surface area (Å²) in [4.78, 5) is 23.4. The highest BCUT2D eigenvalue weighted by atomic mass is 35.5. The molecule has 2 atom stereocenters. The van der Waals surface area contributed by atoms with Crippen LogP contribution in [-0.4, -0.2) is 29.3 Å². The van der Waals surface area contributed by atoms with Gasteiger partial charge in [-0.05, 0) is 18.2 Å². The van der Waals surface area contributed by atoms with Gasteiger partial charge in [-0.3, -0.25) is 10.1 Å². The Morgan fingerprint density at radius 3 is 2.27 bits per heavy atom. The maximum atomic E-state index is 14.3. The maximum Gasteiger partial charge on any atom is 0.417 e. The summed E-state index contributed by atoms with van der Waals surface area (Å²) in [7, 11) is 0. The third-order valence-corrected chi connectivity index (χ3v) is 3.76. The minimum absolute atomic E-state index is 0.392. The van der Waals surface area contributed by atoms with Gasteiger partial charge in [0.25, 0.3) is 5.91 Å². The highest BCUT2D eigenvalue weighted by molar-refractivity contribution is 6.26. The van der Waals surface area contributed by atoms with Gasteiger partial charge in [-0.2, -0.15) is 13.2 Å². The molecule has 2 rings (SSSR count). The quantitative estimate of drug-likeness (QED) is 0.589. The first-order chi connectivity index (χ1) is 11.9. The summed E-state index contributed by atoms with van der Waals surface area (Å²) < 4.78 is 79.6. The van der Waals surface area contributed by atoms with E-state index in [1.807, 2.05) is 0 Å². The van der Waals surface area contributed by atoms with Gasteiger partial charge in [0.15, 0.2) is 0 Å². The first-order valence-corrected chi connectivity index (χ1v) is 7.22. The summed E-state index contributed by atoms with van der Waals surface area (Å²) >= 11 is 5.28. The second kappa shape index (κ2) is 7.02. The fraction of sp³-hybridized carbons (Fsp3) is 0.200. The molecular weight excluding hydrogens is 390 g/mol. The van der Waals surface area contributed by atoms with Crippen molar-refractivity contribution in [2.75, 3.05) is 0 Å². The van der Waals surface area contributed by atoms with Crippen molar-refractivity contribution in [1.82, 2.24) is 10.6 Å². The molecule has 11 heteroatoms. The molecule has 140 valence electrons. The fourth-order valence-corrected chi connectivity index (χ4v) is 2.44. The van der Waals surface area contributed by atoms with Gasteiger partial charge in [0.2, 0.25) is 5.13 Å². The smallest absolute Gasteiger partial charge is 0.327 e. The third kappa shape index (κ3) is 4.01. The molecule has 0 aromatic heterocycles. The van der Waals surface area contributed by atoms with Crippen LogP contribution in [0.5, 0.6) is 0 Å². The van der Waals surface area contributed by atoms with Crippen LogP contribution in [0.25, 0.3) is 0 Å². The van der Waals surface area contributed by atoms with Crippen LogP contribution < -0.4 is 10.6 Å². The van der Waals surface area contributed by atoms with Crippen molar-refractivity contribution >= 4 is 23.5 Å². The molecule has 0 bridgehead atoms. The topological polar surface area (TPSA) is 58.2 Å². The Kier molecular flexibility index (Phi) is 5.36. The highest BCUT2D eigenvalue weighted by Crippen LogP contribution is 2.43. The Labute approximate surface area is 147 Å². The maximum absolute atomic E-state index is 14.3. The average molecular weight is 399 g/mol. The molecule has 2 N–H and O–H groups in total. The zero-order chi connectivity index (χ0) is 19.7. The summed E-state index contributed by atoms with van der Waals surface area (Å²) in [5, 5.41) is -0.357. The summed E-state index contributed by atoms with van der Waals surface area (Å²) in [5.41, 5.74) is -2.85. The number of rotatable bonds is 2. The van der Waals surface area contributed by atoms with Crippen molar-refractivity contribution in [3.8, 4) is 0 Å². The Morgan fingerprint density at radius 2 is 1.73 bits per heavy atom. The Hall–Kier alpha value is -2.49. The van der Waals surface area contributed by atoms with Crippen LogP contribution in [0.3, 0.4) is 0 Å². The molecule has 0 fully saturated rings. The molecule has 26 heavy (non-hydrogen) atoms. The van der Waals surface area contributed by atoms with Crippen LogP contribution in [0.15, 0.2) is 42.0 Å². The van der Waals surface area contributed by atoms with Crippen molar-refractivity contribution in [2.45, 2.75) is 17.3 Å². The molecule has 0 radical (unpaired) electrons. The van der Waals surface area contributed by atoms with Crippen LogP contribution in [0.2, 0.25) is 0 Å². The summed E-state index contributed by atoms with van der Waals surface area (Å²) in [6, 6.07) is -1.01. The molecule has 0 aliphatic heterocycles. The summed E-state index contributed by atoms with van der Waals surface area (Å²) in [6.07, 6.45) is -3.09. The number of allylic oxidation sites excluding steroid dienone is 2. The Bertz CT molecular complexity index is 784. The van der Waals surface area contributed by atoms with E-state index in [9.17, 15) is 35.9 Å². The van der Waals surface area contributed by atoms with Gasteiger partial charge in [0.05, 0.1) is 5.57 Å².